The van der Waals surface area contributed by atoms with Crippen molar-refractivity contribution in [3.63, 3.8) is 0 Å². The number of ether oxygens (including phenoxy) is 5. The van der Waals surface area contributed by atoms with Gasteiger partial charge in [-0.25, -0.2) is 4.98 Å². The third-order valence-electron chi connectivity index (χ3n) is 4.99. The number of nitrogens with one attached hydrogen (secondary N) is 1. The van der Waals surface area contributed by atoms with Gasteiger partial charge in [-0.1, -0.05) is 0 Å². The second-order valence-electron chi connectivity index (χ2n) is 7.58. The van der Waals surface area contributed by atoms with Crippen LogP contribution in [0.2, 0.25) is 0 Å². The minimum atomic E-state index is -4.97. The summed E-state index contributed by atoms with van der Waals surface area (Å²) >= 11 is 0. The molecule has 2 heterocycles. The molecule has 15 heteroatoms. The van der Waals surface area contributed by atoms with Crippen LogP contribution in [0.15, 0.2) is 42.6 Å². The van der Waals surface area contributed by atoms with Gasteiger partial charge in [0, 0.05) is 17.7 Å². The van der Waals surface area contributed by atoms with Crippen molar-refractivity contribution in [1.82, 2.24) is 4.98 Å². The average Bonchev–Trinajstić information content (AvgIpc) is 3.13. The van der Waals surface area contributed by atoms with Crippen molar-refractivity contribution in [2.24, 2.45) is 5.73 Å². The molecule has 0 spiro atoms. The SMILES string of the molecule is COc1cc(OC(F)(F)F)ccc1Oc1cc2c(c(C)c1C(=O)Nc1ccc(C(N)=O)nc1)OC(F)(F)O2. The first-order valence-corrected chi connectivity index (χ1v) is 10.4. The molecule has 4 rings (SSSR count). The molecule has 10 nitrogen and oxygen atoms in total. The molecule has 2 aromatic carbocycles. The predicted molar refractivity (Wildman–Crippen MR) is 118 cm³/mol. The molecule has 3 aromatic rings. The molecule has 0 saturated carbocycles. The van der Waals surface area contributed by atoms with Crippen molar-refractivity contribution >= 4 is 17.5 Å². The lowest BCUT2D eigenvalue weighted by atomic mass is 10.0. The summed E-state index contributed by atoms with van der Waals surface area (Å²) in [6.45, 7) is 1.29. The monoisotopic (exact) mass is 541 g/mol. The van der Waals surface area contributed by atoms with Crippen molar-refractivity contribution in [1.29, 1.82) is 0 Å². The molecule has 200 valence electrons. The van der Waals surface area contributed by atoms with E-state index in [1.807, 2.05) is 0 Å². The van der Waals surface area contributed by atoms with Gasteiger partial charge >= 0.3 is 12.7 Å². The Balaban J connectivity index is 1.73. The highest BCUT2D eigenvalue weighted by molar-refractivity contribution is 6.08. The standard InChI is InChI=1S/C23H16F5N3O7/c1-10-18(21(33)31-11-3-5-13(20(29)32)30-9-11)16(8-17-19(10)38-23(27,28)37-17)35-14-6-4-12(7-15(14)34-2)36-22(24,25)26/h3-9H,1-2H3,(H2,29,32)(H,31,33). The zero-order valence-electron chi connectivity index (χ0n) is 19.3. The summed E-state index contributed by atoms with van der Waals surface area (Å²) in [5, 5.41) is 2.47. The van der Waals surface area contributed by atoms with Crippen LogP contribution < -0.4 is 34.7 Å². The molecule has 38 heavy (non-hydrogen) atoms. The van der Waals surface area contributed by atoms with E-state index in [1.54, 1.807) is 0 Å². The molecule has 1 aliphatic heterocycles. The third kappa shape index (κ3) is 5.61. The number of methoxy groups -OCH3 is 1. The summed E-state index contributed by atoms with van der Waals surface area (Å²) in [6, 6.07) is 6.38. The number of hydrogen-bond donors (Lipinski definition) is 2. The van der Waals surface area contributed by atoms with Gasteiger partial charge in [0.15, 0.2) is 23.0 Å². The van der Waals surface area contributed by atoms with E-state index in [0.717, 1.165) is 37.6 Å². The van der Waals surface area contributed by atoms with Crippen LogP contribution in [-0.4, -0.2) is 36.6 Å². The number of nitrogens with zero attached hydrogens (tertiary/aromatic N) is 1. The number of rotatable bonds is 7. The molecule has 0 unspecified atom stereocenters. The predicted octanol–water partition coefficient (Wildman–Crippen LogP) is 4.76. The lowest BCUT2D eigenvalue weighted by Gasteiger charge is -2.17. The molecule has 2 amide bonds. The van der Waals surface area contributed by atoms with Gasteiger partial charge in [0.1, 0.15) is 17.2 Å². The lowest BCUT2D eigenvalue weighted by Crippen LogP contribution is -2.26. The van der Waals surface area contributed by atoms with Gasteiger partial charge in [-0.3, -0.25) is 9.59 Å². The number of nitrogens with two attached hydrogens (primary N) is 1. The Morgan fingerprint density at radius 2 is 1.79 bits per heavy atom. The fraction of sp³-hybridized carbons (Fsp3) is 0.174. The Bertz CT molecular complexity index is 1410. The maximum Gasteiger partial charge on any atom is 0.586 e. The molecular formula is C23H16F5N3O7. The molecule has 1 aliphatic rings. The summed E-state index contributed by atoms with van der Waals surface area (Å²) in [5.41, 5.74) is 4.78. The number of hydrogen-bond acceptors (Lipinski definition) is 8. The summed E-state index contributed by atoms with van der Waals surface area (Å²) in [7, 11) is 1.14. The zero-order valence-corrected chi connectivity index (χ0v) is 19.3. The van der Waals surface area contributed by atoms with Crippen LogP contribution in [0.4, 0.5) is 27.6 Å². The van der Waals surface area contributed by atoms with E-state index in [1.165, 1.54) is 19.1 Å². The second kappa shape index (κ2) is 9.57. The Morgan fingerprint density at radius 1 is 1.05 bits per heavy atom. The number of aromatic nitrogens is 1. The van der Waals surface area contributed by atoms with Crippen LogP contribution in [0, 0.1) is 6.92 Å². The largest absolute Gasteiger partial charge is 0.586 e. The van der Waals surface area contributed by atoms with E-state index >= 15 is 0 Å². The zero-order chi connectivity index (χ0) is 27.8. The van der Waals surface area contributed by atoms with Gasteiger partial charge < -0.3 is 34.7 Å². The van der Waals surface area contributed by atoms with Crippen molar-refractivity contribution in [3.8, 4) is 34.5 Å². The molecule has 0 radical (unpaired) electrons. The highest BCUT2D eigenvalue weighted by Crippen LogP contribution is 2.49. The van der Waals surface area contributed by atoms with Gasteiger partial charge in [0.25, 0.3) is 11.8 Å². The van der Waals surface area contributed by atoms with E-state index in [2.05, 4.69) is 24.5 Å². The Kier molecular flexibility index (Phi) is 6.61. The molecule has 0 aliphatic carbocycles. The Morgan fingerprint density at radius 3 is 2.39 bits per heavy atom. The molecule has 0 bridgehead atoms. The first-order chi connectivity index (χ1) is 17.8. The van der Waals surface area contributed by atoms with Crippen LogP contribution in [0.1, 0.15) is 26.4 Å². The van der Waals surface area contributed by atoms with Crippen LogP contribution >= 0.6 is 0 Å². The summed E-state index contributed by atoms with van der Waals surface area (Å²) < 4.78 is 89.0. The van der Waals surface area contributed by atoms with Crippen LogP contribution in [0.3, 0.4) is 0 Å². The van der Waals surface area contributed by atoms with Crippen molar-refractivity contribution in [2.75, 3.05) is 12.4 Å². The Labute approximate surface area is 210 Å². The number of pyridine rings is 1. The van der Waals surface area contributed by atoms with Gasteiger partial charge in [0.2, 0.25) is 0 Å². The lowest BCUT2D eigenvalue weighted by molar-refractivity contribution is -0.287. The summed E-state index contributed by atoms with van der Waals surface area (Å²) in [4.78, 5) is 28.2. The number of anilines is 1. The van der Waals surface area contributed by atoms with E-state index in [4.69, 9.17) is 15.2 Å². The smallest absolute Gasteiger partial charge is 0.493 e. The molecule has 0 fully saturated rings. The number of halogens is 5. The Hall–Kier alpha value is -4.82. The number of primary amides is 1. The van der Waals surface area contributed by atoms with E-state index in [-0.39, 0.29) is 39.8 Å². The van der Waals surface area contributed by atoms with Crippen molar-refractivity contribution < 1.29 is 55.2 Å². The number of benzene rings is 2. The van der Waals surface area contributed by atoms with E-state index < -0.39 is 41.7 Å². The number of fused-ring (bicyclic) bond motifs is 1. The third-order valence-corrected chi connectivity index (χ3v) is 4.99. The number of amides is 2. The topological polar surface area (TPSA) is 131 Å². The quantitative estimate of drug-likeness (QED) is 0.410. The highest BCUT2D eigenvalue weighted by Gasteiger charge is 2.46. The van der Waals surface area contributed by atoms with E-state index in [9.17, 15) is 31.5 Å². The second-order valence-corrected chi connectivity index (χ2v) is 7.58. The average molecular weight is 541 g/mol. The fourth-order valence-corrected chi connectivity index (χ4v) is 3.43. The van der Waals surface area contributed by atoms with Crippen LogP contribution in [0.25, 0.3) is 0 Å². The van der Waals surface area contributed by atoms with Crippen molar-refractivity contribution in [2.45, 2.75) is 19.6 Å². The van der Waals surface area contributed by atoms with Crippen LogP contribution in [-0.2, 0) is 0 Å². The van der Waals surface area contributed by atoms with Gasteiger partial charge in [-0.05, 0) is 31.2 Å². The molecule has 1 aromatic heterocycles. The number of carbonyl (C=O) groups excluding carboxylic acids is 2. The molecule has 0 saturated heterocycles. The first-order valence-electron chi connectivity index (χ1n) is 10.4. The maximum absolute atomic E-state index is 13.8. The minimum Gasteiger partial charge on any atom is -0.493 e. The van der Waals surface area contributed by atoms with Gasteiger partial charge in [-0.2, -0.15) is 0 Å². The molecule has 3 N–H and O–H groups in total. The molecule has 0 atom stereocenters. The molecular weight excluding hydrogens is 525 g/mol. The summed E-state index contributed by atoms with van der Waals surface area (Å²) in [5.74, 6) is -3.93. The van der Waals surface area contributed by atoms with Gasteiger partial charge in [-0.15, -0.1) is 22.0 Å². The number of alkyl halides is 5. The van der Waals surface area contributed by atoms with E-state index in [0.29, 0.717) is 0 Å². The first kappa shape index (κ1) is 26.2. The fourth-order valence-electron chi connectivity index (χ4n) is 3.43. The normalized spacial score (nSPS) is 13.6. The number of carbonyl (C=O) groups is 2. The maximum atomic E-state index is 13.8. The highest BCUT2D eigenvalue weighted by atomic mass is 19.4. The summed E-state index contributed by atoms with van der Waals surface area (Å²) in [6.07, 6.45) is -7.86. The van der Waals surface area contributed by atoms with Crippen LogP contribution in [0.5, 0.6) is 34.5 Å². The van der Waals surface area contributed by atoms with Crippen molar-refractivity contribution in [3.05, 3.63) is 59.4 Å². The minimum absolute atomic E-state index is 0.0708. The van der Waals surface area contributed by atoms with Gasteiger partial charge in [0.05, 0.1) is 24.6 Å².